The highest BCUT2D eigenvalue weighted by molar-refractivity contribution is 8.00. The van der Waals surface area contributed by atoms with Crippen LogP contribution in [0.2, 0.25) is 0 Å². The SMILES string of the molecule is CC(C)(C)[C@H](c1cc(-c2cc(F)ccc2F)cn1Cc1ccccc1)N(CCCN)C(=O)CSCCC(=O)NCCNC(=O)CNC(=O)CC(SC[C@H](N)C(=O)O)C(=O)O. The number of hydrogen-bond donors (Lipinski definition) is 7. The number of nitrogens with zero attached hydrogens (tertiary/aromatic N) is 2. The second-order valence-electron chi connectivity index (χ2n) is 15.0. The van der Waals surface area contributed by atoms with Crippen molar-refractivity contribution in [2.24, 2.45) is 16.9 Å². The lowest BCUT2D eigenvalue weighted by molar-refractivity contribution is -0.139. The maximum absolute atomic E-state index is 15.1. The minimum atomic E-state index is -1.32. The Balaban J connectivity index is 1.56. The lowest BCUT2D eigenvalue weighted by Gasteiger charge is -2.41. The van der Waals surface area contributed by atoms with Gasteiger partial charge in [0, 0.05) is 73.5 Å². The number of nitrogens with two attached hydrogens (primary N) is 2. The van der Waals surface area contributed by atoms with Crippen LogP contribution in [0.1, 0.15) is 57.3 Å². The Hall–Kier alpha value is -4.98. The zero-order chi connectivity index (χ0) is 44.4. The highest BCUT2D eigenvalue weighted by Gasteiger charge is 2.37. The lowest BCUT2D eigenvalue weighted by Crippen LogP contribution is -2.44. The third-order valence-electron chi connectivity index (χ3n) is 9.06. The van der Waals surface area contributed by atoms with E-state index >= 15 is 4.39 Å². The summed E-state index contributed by atoms with van der Waals surface area (Å²) in [7, 11) is 0. The smallest absolute Gasteiger partial charge is 0.321 e. The van der Waals surface area contributed by atoms with Gasteiger partial charge in [-0.15, -0.1) is 11.8 Å². The minimum absolute atomic E-state index is 0.0522. The first-order valence-electron chi connectivity index (χ1n) is 19.3. The van der Waals surface area contributed by atoms with Crippen LogP contribution in [0.3, 0.4) is 0 Å². The Morgan fingerprint density at radius 3 is 2.22 bits per heavy atom. The molecule has 0 radical (unpaired) electrons. The fraction of sp³-hybridized carbons (Fsp3) is 0.463. The van der Waals surface area contributed by atoms with E-state index < -0.39 is 71.1 Å². The van der Waals surface area contributed by atoms with Gasteiger partial charge < -0.3 is 47.1 Å². The van der Waals surface area contributed by atoms with Gasteiger partial charge in [0.15, 0.2) is 0 Å². The van der Waals surface area contributed by atoms with Gasteiger partial charge in [-0.3, -0.25) is 28.8 Å². The van der Waals surface area contributed by atoms with Crippen LogP contribution in [-0.4, -0.2) is 117 Å². The third-order valence-corrected chi connectivity index (χ3v) is 11.3. The Morgan fingerprint density at radius 1 is 0.900 bits per heavy atom. The Labute approximate surface area is 356 Å². The Bertz CT molecular complexity index is 1930. The van der Waals surface area contributed by atoms with E-state index in [0.29, 0.717) is 49.1 Å². The number of benzene rings is 2. The molecule has 19 heteroatoms. The predicted octanol–water partition coefficient (Wildman–Crippen LogP) is 3.21. The highest BCUT2D eigenvalue weighted by atomic mass is 32.2. The van der Waals surface area contributed by atoms with E-state index in [-0.39, 0.29) is 48.4 Å². The molecule has 0 aliphatic heterocycles. The number of carbonyl (C=O) groups is 6. The van der Waals surface area contributed by atoms with Crippen molar-refractivity contribution in [3.63, 3.8) is 0 Å². The van der Waals surface area contributed by atoms with Crippen LogP contribution < -0.4 is 27.4 Å². The zero-order valence-corrected chi connectivity index (χ0v) is 35.6. The number of amides is 4. The van der Waals surface area contributed by atoms with Crippen LogP contribution in [0.15, 0.2) is 60.8 Å². The topological polar surface area (TPSA) is 239 Å². The molecular formula is C41H55F2N7O8S2. The molecule has 60 heavy (non-hydrogen) atoms. The van der Waals surface area contributed by atoms with Gasteiger partial charge in [-0.05, 0) is 48.2 Å². The van der Waals surface area contributed by atoms with E-state index in [1.165, 1.54) is 11.8 Å². The summed E-state index contributed by atoms with van der Waals surface area (Å²) in [6.45, 7) is 6.86. The fourth-order valence-electron chi connectivity index (χ4n) is 6.16. The summed E-state index contributed by atoms with van der Waals surface area (Å²) in [4.78, 5) is 75.0. The molecule has 0 saturated carbocycles. The molecule has 15 nitrogen and oxygen atoms in total. The summed E-state index contributed by atoms with van der Waals surface area (Å²) in [5.74, 6) is -5.36. The van der Waals surface area contributed by atoms with E-state index in [2.05, 4.69) is 16.0 Å². The molecular weight excluding hydrogens is 821 g/mol. The number of aliphatic carboxylic acids is 2. The van der Waals surface area contributed by atoms with Gasteiger partial charge in [0.25, 0.3) is 0 Å². The van der Waals surface area contributed by atoms with E-state index in [4.69, 9.17) is 16.6 Å². The summed E-state index contributed by atoms with van der Waals surface area (Å²) in [6.07, 6.45) is 1.91. The van der Waals surface area contributed by atoms with E-state index in [1.54, 1.807) is 11.1 Å². The van der Waals surface area contributed by atoms with Crippen molar-refractivity contribution in [2.75, 3.05) is 50.0 Å². The molecule has 0 aliphatic carbocycles. The summed E-state index contributed by atoms with van der Waals surface area (Å²) < 4.78 is 31.4. The molecule has 1 unspecified atom stereocenters. The van der Waals surface area contributed by atoms with E-state index in [0.717, 1.165) is 29.5 Å². The molecule has 9 N–H and O–H groups in total. The van der Waals surface area contributed by atoms with Crippen molar-refractivity contribution in [3.05, 3.63) is 83.7 Å². The van der Waals surface area contributed by atoms with Crippen LogP contribution in [0.4, 0.5) is 8.78 Å². The van der Waals surface area contributed by atoms with Gasteiger partial charge in [-0.1, -0.05) is 51.1 Å². The average molecular weight is 876 g/mol. The van der Waals surface area contributed by atoms with Gasteiger partial charge in [0.2, 0.25) is 23.6 Å². The van der Waals surface area contributed by atoms with Crippen molar-refractivity contribution < 1.29 is 47.8 Å². The van der Waals surface area contributed by atoms with E-state index in [9.17, 15) is 38.3 Å². The molecule has 4 amide bonds. The first-order valence-corrected chi connectivity index (χ1v) is 21.5. The predicted molar refractivity (Wildman–Crippen MR) is 228 cm³/mol. The van der Waals surface area contributed by atoms with Crippen LogP contribution in [0.5, 0.6) is 0 Å². The number of hydrogen-bond acceptors (Lipinski definition) is 10. The number of aromatic nitrogens is 1. The van der Waals surface area contributed by atoms with Gasteiger partial charge in [0.05, 0.1) is 18.3 Å². The molecule has 3 aromatic rings. The highest BCUT2D eigenvalue weighted by Crippen LogP contribution is 2.41. The van der Waals surface area contributed by atoms with Gasteiger partial charge in [0.1, 0.15) is 22.9 Å². The van der Waals surface area contributed by atoms with Crippen molar-refractivity contribution in [2.45, 2.75) is 63.9 Å². The third kappa shape index (κ3) is 16.2. The molecule has 0 aliphatic rings. The molecule has 1 aromatic heterocycles. The van der Waals surface area contributed by atoms with Crippen molar-refractivity contribution in [1.82, 2.24) is 25.4 Å². The second kappa shape index (κ2) is 24.3. The van der Waals surface area contributed by atoms with Crippen LogP contribution in [0.25, 0.3) is 11.1 Å². The molecule has 0 bridgehead atoms. The van der Waals surface area contributed by atoms with Crippen molar-refractivity contribution in [1.29, 1.82) is 0 Å². The molecule has 0 saturated heterocycles. The van der Waals surface area contributed by atoms with Crippen LogP contribution in [-0.2, 0) is 35.3 Å². The number of halogens is 2. The average Bonchev–Trinajstić information content (AvgIpc) is 3.59. The molecule has 0 spiro atoms. The maximum Gasteiger partial charge on any atom is 0.321 e. The molecule has 3 rings (SSSR count). The standard InChI is InChI=1S/C41H55F2N7O8S2/c1-41(2,3)38(32-18-27(29-19-28(42)10-11-30(29)43)23-49(32)22-26-8-5-4-6-9-26)50(16-7-13-44)37(54)25-59-17-12-34(51)46-14-15-47-36(53)21-48-35(52)20-33(40(57)58)60-24-31(45)39(55)56/h4-6,8-11,18-19,23,31,33,38H,7,12-17,20-22,24-25,44-45H2,1-3H3,(H,46,51)(H,47,53)(H,48,52)(H,55,56)(H,57,58)/t31-,33?,38-/m0/s1. The zero-order valence-electron chi connectivity index (χ0n) is 34.0. The fourth-order valence-corrected chi connectivity index (χ4v) is 7.97. The molecule has 0 fully saturated rings. The summed E-state index contributed by atoms with van der Waals surface area (Å²) in [5, 5.41) is 24.4. The number of carboxylic acids is 2. The second-order valence-corrected chi connectivity index (χ2v) is 17.3. The molecule has 2 aromatic carbocycles. The molecule has 3 atom stereocenters. The number of carboxylic acid groups (broad SMARTS) is 2. The van der Waals surface area contributed by atoms with Crippen molar-refractivity contribution in [3.8, 4) is 11.1 Å². The number of thioether (sulfide) groups is 2. The lowest BCUT2D eigenvalue weighted by atomic mass is 9.83. The molecule has 328 valence electrons. The van der Waals surface area contributed by atoms with Crippen LogP contribution in [0, 0.1) is 17.0 Å². The summed E-state index contributed by atoms with van der Waals surface area (Å²) in [6, 6.07) is 13.0. The van der Waals surface area contributed by atoms with Crippen molar-refractivity contribution >= 4 is 59.1 Å². The Kier molecular flexibility index (Phi) is 20.0. The maximum atomic E-state index is 15.1. The largest absolute Gasteiger partial charge is 0.480 e. The number of nitrogens with one attached hydrogen (secondary N) is 3. The summed E-state index contributed by atoms with van der Waals surface area (Å²) in [5.41, 5.74) is 13.1. The first-order chi connectivity index (χ1) is 28.4. The van der Waals surface area contributed by atoms with Gasteiger partial charge >= 0.3 is 11.9 Å². The monoisotopic (exact) mass is 875 g/mol. The van der Waals surface area contributed by atoms with Gasteiger partial charge in [-0.2, -0.15) is 11.8 Å². The quantitative estimate of drug-likeness (QED) is 0.0608. The Morgan fingerprint density at radius 2 is 1.58 bits per heavy atom. The first kappa shape index (κ1) is 49.4. The number of rotatable bonds is 25. The van der Waals surface area contributed by atoms with Gasteiger partial charge in [-0.25, -0.2) is 8.78 Å². The molecule has 1 heterocycles. The van der Waals surface area contributed by atoms with E-state index in [1.807, 2.05) is 61.7 Å². The summed E-state index contributed by atoms with van der Waals surface area (Å²) >= 11 is 2.00. The minimum Gasteiger partial charge on any atom is -0.480 e. The van der Waals surface area contributed by atoms with Crippen LogP contribution >= 0.6 is 23.5 Å². The number of carbonyl (C=O) groups excluding carboxylic acids is 4. The normalized spacial score (nSPS) is 12.8.